The summed E-state index contributed by atoms with van der Waals surface area (Å²) in [6.07, 6.45) is 101. The van der Waals surface area contributed by atoms with Gasteiger partial charge < -0.3 is 14.2 Å². The first-order valence-corrected chi connectivity index (χ1v) is 34.0. The van der Waals surface area contributed by atoms with Gasteiger partial charge in [0.1, 0.15) is 13.2 Å². The SMILES string of the molecule is CC/C=C\C/C=C\C/C=C\C/C=C\C/C=C\C/C=C\CCCCCCCCCCCCCCCCCCC(=O)OCC(COC(=O)CCCCCCC/C=C\CCCC)OC(=O)CC/C=C\C/C=C\C/C=C\C/C=C\C/C=C\C/C=C\CC. The Bertz CT molecular complexity index is 1840. The number of esters is 3. The molecule has 0 amide bonds. The van der Waals surface area contributed by atoms with E-state index in [2.05, 4.69) is 173 Å². The molecule has 0 fully saturated rings. The molecule has 0 saturated carbocycles. The molecule has 468 valence electrons. The van der Waals surface area contributed by atoms with E-state index < -0.39 is 12.1 Å². The standard InChI is InChI=1S/C77H124O6/c1-4-7-10-13-16-19-22-24-26-28-30-31-32-33-34-35-36-37-38-39-40-41-42-43-44-45-47-48-50-52-55-58-61-64-67-70-76(79)82-73-74(72-81-75(78)69-66-63-60-57-54-21-18-15-12-9-6-3)83-77(80)71-68-65-62-59-56-53-51-49-46-29-27-25-23-20-17-14-11-8-5-2/h7-8,10-11,15-20,24-27,30-31,33-34,36-37,46,49,53,56,62,65,74H,4-6,9,12-14,21-23,28-29,32,35,38-45,47-48,50-52,54-55,57-61,63-64,66-73H2,1-3H3/b10-7-,11-8-,18-15-,19-16-,20-17-,26-24-,27-25-,31-30-,34-33-,37-36-,49-46-,56-53-,65-62-. The third kappa shape index (κ3) is 67.7. The summed E-state index contributed by atoms with van der Waals surface area (Å²) in [6, 6.07) is 0. The predicted molar refractivity (Wildman–Crippen MR) is 362 cm³/mol. The van der Waals surface area contributed by atoms with E-state index in [-0.39, 0.29) is 31.6 Å². The fourth-order valence-corrected chi connectivity index (χ4v) is 8.98. The minimum absolute atomic E-state index is 0.114. The van der Waals surface area contributed by atoms with Gasteiger partial charge in [0.25, 0.3) is 0 Å². The van der Waals surface area contributed by atoms with Crippen molar-refractivity contribution in [3.63, 3.8) is 0 Å². The molecule has 6 heteroatoms. The molecule has 0 saturated heterocycles. The number of hydrogen-bond donors (Lipinski definition) is 0. The van der Waals surface area contributed by atoms with Gasteiger partial charge in [0.2, 0.25) is 0 Å². The molecule has 0 heterocycles. The lowest BCUT2D eigenvalue weighted by Crippen LogP contribution is -2.30. The van der Waals surface area contributed by atoms with Gasteiger partial charge in [0, 0.05) is 19.3 Å². The van der Waals surface area contributed by atoms with Crippen molar-refractivity contribution < 1.29 is 28.6 Å². The van der Waals surface area contributed by atoms with Gasteiger partial charge in [-0.2, -0.15) is 0 Å². The van der Waals surface area contributed by atoms with Crippen LogP contribution in [0.25, 0.3) is 0 Å². The van der Waals surface area contributed by atoms with E-state index in [1.165, 1.54) is 116 Å². The largest absolute Gasteiger partial charge is 0.462 e. The fourth-order valence-electron chi connectivity index (χ4n) is 8.98. The Kier molecular flexibility index (Phi) is 65.4. The summed E-state index contributed by atoms with van der Waals surface area (Å²) < 4.78 is 16.8. The Morgan fingerprint density at radius 3 is 0.795 bits per heavy atom. The molecule has 1 atom stereocenters. The van der Waals surface area contributed by atoms with Gasteiger partial charge in [-0.05, 0) is 128 Å². The first-order valence-electron chi connectivity index (χ1n) is 34.0. The van der Waals surface area contributed by atoms with Crippen LogP contribution in [0.5, 0.6) is 0 Å². The minimum Gasteiger partial charge on any atom is -0.462 e. The Morgan fingerprint density at radius 1 is 0.253 bits per heavy atom. The summed E-state index contributed by atoms with van der Waals surface area (Å²) in [5.74, 6) is -1.01. The van der Waals surface area contributed by atoms with Gasteiger partial charge in [-0.1, -0.05) is 301 Å². The molecule has 0 aromatic heterocycles. The van der Waals surface area contributed by atoms with Gasteiger partial charge in [-0.3, -0.25) is 14.4 Å². The summed E-state index contributed by atoms with van der Waals surface area (Å²) >= 11 is 0. The van der Waals surface area contributed by atoms with Crippen LogP contribution in [-0.2, 0) is 28.6 Å². The second-order valence-corrected chi connectivity index (χ2v) is 22.0. The summed E-state index contributed by atoms with van der Waals surface area (Å²) in [7, 11) is 0. The molecule has 0 aliphatic rings. The van der Waals surface area contributed by atoms with Gasteiger partial charge in [-0.15, -0.1) is 0 Å². The van der Waals surface area contributed by atoms with Crippen molar-refractivity contribution in [1.29, 1.82) is 0 Å². The van der Waals surface area contributed by atoms with Crippen LogP contribution in [0.3, 0.4) is 0 Å². The fraction of sp³-hybridized carbons (Fsp3) is 0.623. The van der Waals surface area contributed by atoms with Crippen LogP contribution >= 0.6 is 0 Å². The van der Waals surface area contributed by atoms with Crippen LogP contribution in [0.2, 0.25) is 0 Å². The van der Waals surface area contributed by atoms with E-state index >= 15 is 0 Å². The highest BCUT2D eigenvalue weighted by Gasteiger charge is 2.19. The Balaban J connectivity index is 4.23. The van der Waals surface area contributed by atoms with Crippen molar-refractivity contribution in [2.75, 3.05) is 13.2 Å². The molecule has 0 rings (SSSR count). The third-order valence-corrected chi connectivity index (χ3v) is 14.0. The average molecular weight is 1150 g/mol. The quantitative estimate of drug-likeness (QED) is 0.0261. The van der Waals surface area contributed by atoms with Crippen molar-refractivity contribution in [3.8, 4) is 0 Å². The van der Waals surface area contributed by atoms with Crippen LogP contribution < -0.4 is 0 Å². The van der Waals surface area contributed by atoms with Crippen LogP contribution in [0.4, 0.5) is 0 Å². The second kappa shape index (κ2) is 69.5. The highest BCUT2D eigenvalue weighted by Crippen LogP contribution is 2.16. The van der Waals surface area contributed by atoms with E-state index in [1.807, 2.05) is 6.08 Å². The van der Waals surface area contributed by atoms with E-state index in [9.17, 15) is 14.4 Å². The first kappa shape index (κ1) is 78.0. The normalized spacial score (nSPS) is 13.1. The Hall–Kier alpha value is -4.97. The zero-order chi connectivity index (χ0) is 59.9. The molecule has 0 aliphatic carbocycles. The van der Waals surface area contributed by atoms with E-state index in [0.717, 1.165) is 128 Å². The van der Waals surface area contributed by atoms with Crippen LogP contribution in [0.15, 0.2) is 158 Å². The van der Waals surface area contributed by atoms with Crippen molar-refractivity contribution in [1.82, 2.24) is 0 Å². The summed E-state index contributed by atoms with van der Waals surface area (Å²) in [5, 5.41) is 0. The maximum Gasteiger partial charge on any atom is 0.306 e. The molecule has 6 nitrogen and oxygen atoms in total. The first-order chi connectivity index (χ1) is 41.0. The summed E-state index contributed by atoms with van der Waals surface area (Å²) in [5.41, 5.74) is 0. The molecule has 0 spiro atoms. The van der Waals surface area contributed by atoms with E-state index in [1.54, 1.807) is 0 Å². The van der Waals surface area contributed by atoms with Crippen molar-refractivity contribution in [3.05, 3.63) is 158 Å². The number of hydrogen-bond acceptors (Lipinski definition) is 6. The molecular weight excluding hydrogens is 1020 g/mol. The number of carbonyl (C=O) groups excluding carboxylic acids is 3. The predicted octanol–water partition coefficient (Wildman–Crippen LogP) is 23.7. The molecule has 0 N–H and O–H groups in total. The third-order valence-electron chi connectivity index (χ3n) is 14.0. The summed E-state index contributed by atoms with van der Waals surface area (Å²) in [4.78, 5) is 38.2. The van der Waals surface area contributed by atoms with Crippen LogP contribution in [0, 0.1) is 0 Å². The topological polar surface area (TPSA) is 78.9 Å². The lowest BCUT2D eigenvalue weighted by molar-refractivity contribution is -0.166. The smallest absolute Gasteiger partial charge is 0.306 e. The molecule has 0 bridgehead atoms. The van der Waals surface area contributed by atoms with Crippen molar-refractivity contribution in [2.24, 2.45) is 0 Å². The molecular formula is C77H124O6. The molecule has 0 aromatic carbocycles. The van der Waals surface area contributed by atoms with Crippen molar-refractivity contribution in [2.45, 2.75) is 297 Å². The van der Waals surface area contributed by atoms with Gasteiger partial charge >= 0.3 is 17.9 Å². The second-order valence-electron chi connectivity index (χ2n) is 22.0. The van der Waals surface area contributed by atoms with Gasteiger partial charge in [0.05, 0.1) is 0 Å². The molecule has 0 aliphatic heterocycles. The molecule has 0 aromatic rings. The number of ether oxygens (including phenoxy) is 3. The Morgan fingerprint density at radius 2 is 0.494 bits per heavy atom. The van der Waals surface area contributed by atoms with Gasteiger partial charge in [-0.25, -0.2) is 0 Å². The Labute approximate surface area is 511 Å². The lowest BCUT2D eigenvalue weighted by Gasteiger charge is -2.18. The van der Waals surface area contributed by atoms with Crippen molar-refractivity contribution >= 4 is 17.9 Å². The number of rotatable bonds is 60. The number of allylic oxidation sites excluding steroid dienone is 26. The maximum absolute atomic E-state index is 12.9. The number of carbonyl (C=O) groups is 3. The average Bonchev–Trinajstić information content (AvgIpc) is 3.48. The zero-order valence-corrected chi connectivity index (χ0v) is 53.7. The minimum atomic E-state index is -0.827. The highest BCUT2D eigenvalue weighted by molar-refractivity contribution is 5.71. The molecule has 0 radical (unpaired) electrons. The van der Waals surface area contributed by atoms with Gasteiger partial charge in [0.15, 0.2) is 6.10 Å². The highest BCUT2D eigenvalue weighted by atomic mass is 16.6. The zero-order valence-electron chi connectivity index (χ0n) is 53.7. The maximum atomic E-state index is 12.9. The van der Waals surface area contributed by atoms with E-state index in [0.29, 0.717) is 19.3 Å². The molecule has 1 unspecified atom stereocenters. The summed E-state index contributed by atoms with van der Waals surface area (Å²) in [6.45, 7) is 6.31. The van der Waals surface area contributed by atoms with Crippen LogP contribution in [0.1, 0.15) is 290 Å². The number of unbranched alkanes of at least 4 members (excludes halogenated alkanes) is 23. The lowest BCUT2D eigenvalue weighted by atomic mass is 10.0. The van der Waals surface area contributed by atoms with Crippen LogP contribution in [-0.4, -0.2) is 37.2 Å². The monoisotopic (exact) mass is 1140 g/mol. The molecule has 83 heavy (non-hydrogen) atoms. The van der Waals surface area contributed by atoms with E-state index in [4.69, 9.17) is 14.2 Å².